The van der Waals surface area contributed by atoms with Crippen LogP contribution in [0.3, 0.4) is 0 Å². The number of carbonyl (C=O) groups excluding carboxylic acids is 1. The number of amides is 1. The molecule has 134 valence electrons. The smallest absolute Gasteiger partial charge is 0.263 e. The van der Waals surface area contributed by atoms with Crippen LogP contribution in [0, 0.1) is 6.92 Å². The Labute approximate surface area is 149 Å². The lowest BCUT2D eigenvalue weighted by Crippen LogP contribution is -2.31. The molecule has 1 fully saturated rings. The Bertz CT molecular complexity index is 1020. The van der Waals surface area contributed by atoms with Crippen LogP contribution in [-0.2, 0) is 6.42 Å². The van der Waals surface area contributed by atoms with Gasteiger partial charge in [0.2, 0.25) is 0 Å². The molecule has 0 atom stereocenters. The Kier molecular flexibility index (Phi) is 4.28. The van der Waals surface area contributed by atoms with Crippen LogP contribution in [0.25, 0.3) is 11.1 Å². The first-order valence-corrected chi connectivity index (χ1v) is 8.83. The van der Waals surface area contributed by atoms with Crippen molar-refractivity contribution in [3.63, 3.8) is 0 Å². The Morgan fingerprint density at radius 1 is 1.38 bits per heavy atom. The second-order valence-corrected chi connectivity index (χ2v) is 6.72. The Morgan fingerprint density at radius 3 is 3.00 bits per heavy atom. The molecular formula is C19H20N4O3. The van der Waals surface area contributed by atoms with Crippen LogP contribution in [0.1, 0.15) is 52.8 Å². The highest BCUT2D eigenvalue weighted by atomic mass is 16.3. The molecule has 0 spiro atoms. The molecule has 7 nitrogen and oxygen atoms in total. The summed E-state index contributed by atoms with van der Waals surface area (Å²) in [6.45, 7) is 2.44. The largest absolute Gasteiger partial charge is 0.441 e. The van der Waals surface area contributed by atoms with Crippen molar-refractivity contribution in [1.82, 2.24) is 20.3 Å². The van der Waals surface area contributed by atoms with Gasteiger partial charge in [-0.15, -0.1) is 0 Å². The molecule has 1 aromatic carbocycles. The van der Waals surface area contributed by atoms with Crippen LogP contribution in [0.2, 0.25) is 0 Å². The number of nitrogens with zero attached hydrogens (tertiary/aromatic N) is 2. The molecule has 3 aromatic rings. The summed E-state index contributed by atoms with van der Waals surface area (Å²) in [5, 5.41) is 2.75. The van der Waals surface area contributed by atoms with Gasteiger partial charge in [-0.3, -0.25) is 9.59 Å². The van der Waals surface area contributed by atoms with E-state index in [0.29, 0.717) is 37.0 Å². The van der Waals surface area contributed by atoms with Gasteiger partial charge in [0.1, 0.15) is 16.9 Å². The molecule has 1 aliphatic carbocycles. The van der Waals surface area contributed by atoms with Gasteiger partial charge in [-0.25, -0.2) is 9.97 Å². The number of hydrogen-bond donors (Lipinski definition) is 2. The third-order valence-corrected chi connectivity index (χ3v) is 4.47. The molecule has 2 N–H and O–H groups in total. The summed E-state index contributed by atoms with van der Waals surface area (Å²) in [6, 6.07) is 5.89. The number of benzene rings is 1. The molecule has 1 amide bonds. The number of oxazole rings is 1. The van der Waals surface area contributed by atoms with Crippen LogP contribution in [0.5, 0.6) is 0 Å². The summed E-state index contributed by atoms with van der Waals surface area (Å²) < 4.78 is 5.71. The van der Waals surface area contributed by atoms with E-state index in [1.807, 2.05) is 25.1 Å². The molecule has 26 heavy (non-hydrogen) atoms. The number of aromatic amines is 1. The number of carbonyl (C=O) groups is 1. The van der Waals surface area contributed by atoms with Crippen LogP contribution in [0.15, 0.2) is 33.6 Å². The normalized spacial score (nSPS) is 13.9. The van der Waals surface area contributed by atoms with Gasteiger partial charge in [-0.1, -0.05) is 6.07 Å². The van der Waals surface area contributed by atoms with E-state index in [1.54, 1.807) is 0 Å². The average Bonchev–Trinajstić information content (AvgIpc) is 3.39. The molecule has 4 rings (SSSR count). The fourth-order valence-electron chi connectivity index (χ4n) is 2.86. The molecule has 1 saturated carbocycles. The highest BCUT2D eigenvalue weighted by molar-refractivity contribution is 5.93. The molecule has 0 bridgehead atoms. The number of H-pyrrole nitrogens is 1. The zero-order chi connectivity index (χ0) is 18.1. The van der Waals surface area contributed by atoms with E-state index in [9.17, 15) is 9.59 Å². The van der Waals surface area contributed by atoms with Crippen molar-refractivity contribution in [2.45, 2.75) is 38.5 Å². The average molecular weight is 352 g/mol. The molecule has 0 saturated heterocycles. The number of rotatable bonds is 6. The maximum atomic E-state index is 12.1. The number of nitrogens with one attached hydrogen (secondary N) is 2. The highest BCUT2D eigenvalue weighted by Gasteiger charge is 2.26. The van der Waals surface area contributed by atoms with E-state index < -0.39 is 5.91 Å². The second-order valence-electron chi connectivity index (χ2n) is 6.72. The van der Waals surface area contributed by atoms with Crippen molar-refractivity contribution in [2.75, 3.05) is 6.54 Å². The monoisotopic (exact) mass is 352 g/mol. The second kappa shape index (κ2) is 6.74. The van der Waals surface area contributed by atoms with E-state index in [0.717, 1.165) is 29.5 Å². The van der Waals surface area contributed by atoms with Crippen molar-refractivity contribution in [3.8, 4) is 0 Å². The molecule has 2 heterocycles. The van der Waals surface area contributed by atoms with Crippen LogP contribution in [-0.4, -0.2) is 27.4 Å². The SMILES string of the molecule is Cc1ccc2nc(CCCNC(=O)c3cnc(C4CC4)[nH]c3=O)oc2c1. The Morgan fingerprint density at radius 2 is 2.23 bits per heavy atom. The Hall–Kier alpha value is -2.96. The minimum Gasteiger partial charge on any atom is -0.441 e. The maximum absolute atomic E-state index is 12.1. The lowest BCUT2D eigenvalue weighted by molar-refractivity contribution is 0.0951. The van der Waals surface area contributed by atoms with E-state index in [4.69, 9.17) is 4.42 Å². The van der Waals surface area contributed by atoms with Gasteiger partial charge in [-0.05, 0) is 43.9 Å². The highest BCUT2D eigenvalue weighted by Crippen LogP contribution is 2.37. The zero-order valence-corrected chi connectivity index (χ0v) is 14.5. The summed E-state index contributed by atoms with van der Waals surface area (Å²) in [5.74, 6) is 1.26. The van der Waals surface area contributed by atoms with Crippen molar-refractivity contribution in [1.29, 1.82) is 0 Å². The lowest BCUT2D eigenvalue weighted by Gasteiger charge is -2.04. The molecule has 0 aliphatic heterocycles. The van der Waals surface area contributed by atoms with Gasteiger partial charge in [0, 0.05) is 25.1 Å². The van der Waals surface area contributed by atoms with Crippen molar-refractivity contribution in [3.05, 3.63) is 57.6 Å². The minimum absolute atomic E-state index is 0.0479. The zero-order valence-electron chi connectivity index (χ0n) is 14.5. The topological polar surface area (TPSA) is 101 Å². The van der Waals surface area contributed by atoms with Gasteiger partial charge in [0.15, 0.2) is 11.5 Å². The van der Waals surface area contributed by atoms with Crippen LogP contribution < -0.4 is 10.9 Å². The molecule has 7 heteroatoms. The summed E-state index contributed by atoms with van der Waals surface area (Å²) >= 11 is 0. The van der Waals surface area contributed by atoms with Gasteiger partial charge in [0.25, 0.3) is 11.5 Å². The van der Waals surface area contributed by atoms with E-state index >= 15 is 0 Å². The fraction of sp³-hybridized carbons (Fsp3) is 0.368. The molecule has 0 unspecified atom stereocenters. The third-order valence-electron chi connectivity index (χ3n) is 4.47. The lowest BCUT2D eigenvalue weighted by atomic mass is 10.2. The molecule has 1 aliphatic rings. The number of aryl methyl sites for hydroxylation is 2. The first-order chi connectivity index (χ1) is 12.6. The summed E-state index contributed by atoms with van der Waals surface area (Å²) in [4.78, 5) is 35.5. The first kappa shape index (κ1) is 16.5. The number of hydrogen-bond acceptors (Lipinski definition) is 5. The first-order valence-electron chi connectivity index (χ1n) is 8.83. The van der Waals surface area contributed by atoms with Gasteiger partial charge in [0.05, 0.1) is 0 Å². The standard InChI is InChI=1S/C19H20N4O3/c1-11-4-7-14-15(9-11)26-16(22-14)3-2-8-20-18(24)13-10-21-17(12-5-6-12)23-19(13)25/h4,7,9-10,12H,2-3,5-6,8H2,1H3,(H,20,24)(H,21,23,25). The van der Waals surface area contributed by atoms with Crippen molar-refractivity contribution >= 4 is 17.0 Å². The van der Waals surface area contributed by atoms with Gasteiger partial charge < -0.3 is 14.7 Å². The van der Waals surface area contributed by atoms with Crippen molar-refractivity contribution in [2.24, 2.45) is 0 Å². The summed E-state index contributed by atoms with van der Waals surface area (Å²) in [5.41, 5.74) is 2.40. The van der Waals surface area contributed by atoms with E-state index in [1.165, 1.54) is 6.20 Å². The summed E-state index contributed by atoms with van der Waals surface area (Å²) in [6.07, 6.45) is 4.74. The molecule has 2 aromatic heterocycles. The predicted octanol–water partition coefficient (Wildman–Crippen LogP) is 2.46. The fourth-order valence-corrected chi connectivity index (χ4v) is 2.86. The molecule has 0 radical (unpaired) electrons. The number of fused-ring (bicyclic) bond motifs is 1. The van der Waals surface area contributed by atoms with Gasteiger partial charge in [-0.2, -0.15) is 0 Å². The molecular weight excluding hydrogens is 332 g/mol. The van der Waals surface area contributed by atoms with Crippen LogP contribution in [0.4, 0.5) is 0 Å². The van der Waals surface area contributed by atoms with E-state index in [2.05, 4.69) is 20.3 Å². The summed E-state index contributed by atoms with van der Waals surface area (Å²) in [7, 11) is 0. The van der Waals surface area contributed by atoms with Crippen molar-refractivity contribution < 1.29 is 9.21 Å². The quantitative estimate of drug-likeness (QED) is 0.664. The van der Waals surface area contributed by atoms with Crippen LogP contribution >= 0.6 is 0 Å². The predicted molar refractivity (Wildman–Crippen MR) is 96.2 cm³/mol. The van der Waals surface area contributed by atoms with E-state index in [-0.39, 0.29) is 11.1 Å². The van der Waals surface area contributed by atoms with Gasteiger partial charge >= 0.3 is 0 Å². The Balaban J connectivity index is 1.31. The minimum atomic E-state index is -0.408. The third kappa shape index (κ3) is 3.51. The number of aromatic nitrogens is 3. The maximum Gasteiger partial charge on any atom is 0.263 e.